The van der Waals surface area contributed by atoms with Crippen molar-refractivity contribution in [2.75, 3.05) is 0 Å². The summed E-state index contributed by atoms with van der Waals surface area (Å²) >= 11 is 0. The van der Waals surface area contributed by atoms with Crippen molar-refractivity contribution in [1.29, 1.82) is 0 Å². The lowest BCUT2D eigenvalue weighted by atomic mass is 9.92. The van der Waals surface area contributed by atoms with Crippen LogP contribution in [-0.2, 0) is 66.6 Å². The van der Waals surface area contributed by atoms with Gasteiger partial charge in [-0.1, -0.05) is 185 Å². The molecule has 0 radical (unpaired) electrons. The molecule has 0 saturated carbocycles. The normalized spacial score (nSPS) is 12.9. The predicted molar refractivity (Wildman–Crippen MR) is 388 cm³/mol. The van der Waals surface area contributed by atoms with Crippen LogP contribution in [0.25, 0.3) is 45.0 Å². The minimum atomic E-state index is -2.11. The molecular formula is C84H128N4+4. The second kappa shape index (κ2) is 36.8. The maximum atomic E-state index is 8.66. The van der Waals surface area contributed by atoms with Gasteiger partial charge in [0.15, 0.2) is 24.8 Å². The Kier molecular flexibility index (Phi) is 27.0. The number of benzene rings is 4. The van der Waals surface area contributed by atoms with Crippen LogP contribution < -0.4 is 18.3 Å². The molecule has 4 nitrogen and oxygen atoms in total. The summed E-state index contributed by atoms with van der Waals surface area (Å²) in [4.78, 5) is 0. The van der Waals surface area contributed by atoms with Crippen LogP contribution in [0.15, 0.2) is 134 Å². The van der Waals surface area contributed by atoms with E-state index in [2.05, 4.69) is 159 Å². The van der Waals surface area contributed by atoms with Crippen LogP contribution >= 0.6 is 0 Å². The third-order valence-corrected chi connectivity index (χ3v) is 15.0. The quantitative estimate of drug-likeness (QED) is 0.0857. The van der Waals surface area contributed by atoms with Gasteiger partial charge >= 0.3 is 0 Å². The first-order chi connectivity index (χ1) is 43.0. The van der Waals surface area contributed by atoms with Gasteiger partial charge in [0.25, 0.3) is 0 Å². The standard InChI is InChI=1S/2C21H30N.2C19H26N.4CH4/c2*1-15(2)11-18-13-21(20-10-8-7-9-17(20)5)22(6)14-19(18)12-16(3)4;2*1-13(2)9-17-12-20(6)19(11-15(17)4)18-8-7-14(3)10-16(18)5;;;;/h2*7-10,13-16H,11-12H2,1-6H3;2*7-8,10-13H,9H2,1-6H3;4*1H4/q4*+1;;;;/i11D2,12D2;;3D3,9D2;;;;;. The first kappa shape index (κ1) is 64.5. The molecule has 4 heterocycles. The smallest absolute Gasteiger partial charge is 0.201 e. The fourth-order valence-electron chi connectivity index (χ4n) is 11.0. The summed E-state index contributed by atoms with van der Waals surface area (Å²) in [6.45, 7) is 37.4. The molecular weight excluding hydrogens is 1060 g/mol. The van der Waals surface area contributed by atoms with Crippen molar-refractivity contribution in [1.82, 2.24) is 0 Å². The van der Waals surface area contributed by atoms with Crippen LogP contribution in [0.3, 0.4) is 0 Å². The lowest BCUT2D eigenvalue weighted by Gasteiger charge is -2.14. The number of nitrogens with zero attached hydrogens (tertiary/aromatic N) is 4. The summed E-state index contributed by atoms with van der Waals surface area (Å²) in [6.07, 6.45) is 7.09. The Morgan fingerprint density at radius 3 is 1.05 bits per heavy atom. The van der Waals surface area contributed by atoms with Gasteiger partial charge < -0.3 is 0 Å². The van der Waals surface area contributed by atoms with E-state index in [-0.39, 0.29) is 47.5 Å². The molecule has 8 rings (SSSR count). The molecule has 4 aromatic heterocycles. The van der Waals surface area contributed by atoms with E-state index in [1.54, 1.807) is 18.3 Å². The van der Waals surface area contributed by atoms with Crippen LogP contribution in [0.4, 0.5) is 0 Å². The van der Waals surface area contributed by atoms with Crippen LogP contribution in [0, 0.1) is 90.8 Å². The van der Waals surface area contributed by atoms with E-state index in [9.17, 15) is 0 Å². The number of aryl methyl sites for hydroxylation is 12. The Bertz CT molecular complexity index is 3850. The largest absolute Gasteiger partial charge is 0.212 e. The van der Waals surface area contributed by atoms with Gasteiger partial charge in [0.2, 0.25) is 22.8 Å². The van der Waals surface area contributed by atoms with E-state index in [1.807, 2.05) is 134 Å². The number of aromatic nitrogens is 4. The van der Waals surface area contributed by atoms with Crippen molar-refractivity contribution in [3.05, 3.63) is 212 Å². The van der Waals surface area contributed by atoms with E-state index in [1.165, 1.54) is 61.5 Å². The molecule has 0 aliphatic rings. The molecule has 0 atom stereocenters. The summed E-state index contributed by atoms with van der Waals surface area (Å²) < 4.78 is 82.2. The minimum absolute atomic E-state index is 0. The highest BCUT2D eigenvalue weighted by Gasteiger charge is 2.22. The van der Waals surface area contributed by atoms with Crippen LogP contribution in [0.2, 0.25) is 0 Å². The van der Waals surface area contributed by atoms with Gasteiger partial charge in [-0.2, -0.15) is 0 Å². The van der Waals surface area contributed by atoms with E-state index in [0.717, 1.165) is 58.5 Å². The molecule has 0 spiro atoms. The molecule has 480 valence electrons. The molecule has 8 aromatic rings. The Labute approximate surface area is 555 Å². The molecule has 0 fully saturated rings. The fourth-order valence-corrected chi connectivity index (χ4v) is 11.0. The zero-order valence-electron chi connectivity index (χ0n) is 65.1. The Morgan fingerprint density at radius 1 is 0.307 bits per heavy atom. The van der Waals surface area contributed by atoms with E-state index < -0.39 is 26.0 Å². The highest BCUT2D eigenvalue weighted by atomic mass is 14.9. The average Bonchev–Trinajstić information content (AvgIpc) is 0.773. The van der Waals surface area contributed by atoms with Gasteiger partial charge in [-0.15, -0.1) is 0 Å². The van der Waals surface area contributed by atoms with Crippen molar-refractivity contribution in [2.45, 2.75) is 206 Å². The molecule has 0 unspecified atom stereocenters. The maximum absolute atomic E-state index is 8.66. The molecule has 0 aliphatic carbocycles. The Morgan fingerprint density at radius 2 is 0.625 bits per heavy atom. The molecule has 0 aliphatic heterocycles. The fraction of sp³-hybridized carbons (Fsp3) is 0.476. The van der Waals surface area contributed by atoms with Crippen molar-refractivity contribution in [2.24, 2.45) is 63.7 Å². The Hall–Kier alpha value is -6.52. The van der Waals surface area contributed by atoms with Gasteiger partial charge in [-0.25, -0.2) is 18.3 Å². The second-order valence-corrected chi connectivity index (χ2v) is 25.9. The summed E-state index contributed by atoms with van der Waals surface area (Å²) in [5, 5.41) is 0. The first-order valence-electron chi connectivity index (χ1n) is 35.4. The van der Waals surface area contributed by atoms with E-state index in [0.29, 0.717) is 40.0 Å². The second-order valence-electron chi connectivity index (χ2n) is 25.9. The lowest BCUT2D eigenvalue weighted by molar-refractivity contribution is -0.661. The summed E-state index contributed by atoms with van der Waals surface area (Å²) in [6, 6.07) is 37.1. The molecule has 0 N–H and O–H groups in total. The van der Waals surface area contributed by atoms with Crippen LogP contribution in [-0.4, -0.2) is 0 Å². The maximum Gasteiger partial charge on any atom is 0.212 e. The number of hydrogen-bond donors (Lipinski definition) is 0. The highest BCUT2D eigenvalue weighted by molar-refractivity contribution is 5.65. The van der Waals surface area contributed by atoms with Gasteiger partial charge in [-0.05, 0) is 198 Å². The lowest BCUT2D eigenvalue weighted by Crippen LogP contribution is -2.32. The van der Waals surface area contributed by atoms with Gasteiger partial charge in [0.05, 0.1) is 0 Å². The Balaban J connectivity index is 0.000000641. The highest BCUT2D eigenvalue weighted by Crippen LogP contribution is 2.29. The number of pyridine rings is 4. The molecule has 4 heteroatoms. The molecule has 0 amide bonds. The van der Waals surface area contributed by atoms with Crippen molar-refractivity contribution in [3.63, 3.8) is 0 Å². The first-order valence-corrected chi connectivity index (χ1v) is 30.9. The topological polar surface area (TPSA) is 15.5 Å². The molecule has 88 heavy (non-hydrogen) atoms. The van der Waals surface area contributed by atoms with Gasteiger partial charge in [0, 0.05) is 81.1 Å². The third kappa shape index (κ3) is 23.1. The summed E-state index contributed by atoms with van der Waals surface area (Å²) in [7, 11) is 8.12. The van der Waals surface area contributed by atoms with E-state index in [4.69, 9.17) is 12.3 Å². The van der Waals surface area contributed by atoms with Gasteiger partial charge in [-0.3, -0.25) is 0 Å². The predicted octanol–water partition coefficient (Wildman–Crippen LogP) is 20.9. The monoisotopic (exact) mass is 1200 g/mol. The zero-order chi connectivity index (χ0) is 70.2. The summed E-state index contributed by atoms with van der Waals surface area (Å²) in [5.74, 6) is 1.42. The summed E-state index contributed by atoms with van der Waals surface area (Å²) in [5.41, 5.74) is 23.8. The van der Waals surface area contributed by atoms with Gasteiger partial charge in [0.1, 0.15) is 28.2 Å². The van der Waals surface area contributed by atoms with Crippen molar-refractivity contribution < 1.29 is 30.6 Å². The van der Waals surface area contributed by atoms with E-state index >= 15 is 0 Å². The zero-order valence-corrected chi connectivity index (χ0v) is 56.1. The molecule has 0 saturated heterocycles. The molecule has 4 aromatic carbocycles. The van der Waals surface area contributed by atoms with Crippen LogP contribution in [0.5, 0.6) is 0 Å². The SMILES string of the molecule is C.C.C.C.Cc1ccc(-c2cc(C)c(CC(C)C)c[n+]2C)c(C)c1.Cc1ccccc1-c1cc(CC(C)C)c(CC(C)C)c[n+]1C.[2H]C([2H])([2H])c1ccc(-c2cc(C)c(C([2H])([2H])C(C)C)c[n+]2C)c(C)c1.[2H]C([2H])(c1cc(-c2ccccc2C)[n+](C)cc1C([2H])([2H])C(C)C)C(C)C. The number of hydrogen-bond acceptors (Lipinski definition) is 0. The minimum Gasteiger partial charge on any atom is -0.201 e. The number of rotatable bonds is 16. The van der Waals surface area contributed by atoms with Crippen molar-refractivity contribution >= 4 is 0 Å². The third-order valence-electron chi connectivity index (χ3n) is 15.0. The average molecular weight is 1200 g/mol. The molecule has 0 bridgehead atoms. The van der Waals surface area contributed by atoms with Crippen molar-refractivity contribution in [3.8, 4) is 45.0 Å². The van der Waals surface area contributed by atoms with Crippen LogP contribution in [0.1, 0.15) is 203 Å².